The van der Waals surface area contributed by atoms with Gasteiger partial charge in [-0.1, -0.05) is 42.5 Å². The highest BCUT2D eigenvalue weighted by Crippen LogP contribution is 2.06. The average molecular weight is 393 g/mol. The topological polar surface area (TPSA) is 73.2 Å². The highest BCUT2D eigenvalue weighted by molar-refractivity contribution is 5.89. The normalized spacial score (nSPS) is 10.8. The lowest BCUT2D eigenvalue weighted by Gasteiger charge is -2.05. The van der Waals surface area contributed by atoms with Gasteiger partial charge in [0, 0.05) is 24.4 Å². The zero-order valence-electron chi connectivity index (χ0n) is 15.6. The van der Waals surface area contributed by atoms with E-state index in [0.717, 1.165) is 16.7 Å². The summed E-state index contributed by atoms with van der Waals surface area (Å²) >= 11 is 0. The molecule has 6 nitrogen and oxygen atoms in total. The number of nitrogens with one attached hydrogen (secondary N) is 1. The summed E-state index contributed by atoms with van der Waals surface area (Å²) in [5.74, 6) is -1.41. The Morgan fingerprint density at radius 1 is 1.07 bits per heavy atom. The molecule has 1 amide bonds. The van der Waals surface area contributed by atoms with Crippen LogP contribution < -0.4 is 5.32 Å². The van der Waals surface area contributed by atoms with E-state index in [2.05, 4.69) is 10.4 Å². The number of carbonyl (C=O) groups excluding carboxylic acids is 2. The molecule has 29 heavy (non-hydrogen) atoms. The average Bonchev–Trinajstić information content (AvgIpc) is 3.18. The fourth-order valence-electron chi connectivity index (χ4n) is 2.53. The third kappa shape index (κ3) is 6.73. The fraction of sp³-hybridized carbons (Fsp3) is 0.136. The van der Waals surface area contributed by atoms with Crippen LogP contribution >= 0.6 is 0 Å². The number of benzene rings is 2. The van der Waals surface area contributed by atoms with Gasteiger partial charge in [-0.05, 0) is 29.3 Å². The molecule has 3 aromatic rings. The zero-order valence-corrected chi connectivity index (χ0v) is 15.6. The van der Waals surface area contributed by atoms with Gasteiger partial charge in [0.05, 0.1) is 12.7 Å². The van der Waals surface area contributed by atoms with Crippen LogP contribution in [0.2, 0.25) is 0 Å². The molecule has 0 radical (unpaired) electrons. The summed E-state index contributed by atoms with van der Waals surface area (Å²) in [6, 6.07) is 15.7. The summed E-state index contributed by atoms with van der Waals surface area (Å²) < 4.78 is 19.5. The van der Waals surface area contributed by atoms with Crippen LogP contribution in [0, 0.1) is 5.82 Å². The molecule has 1 N–H and O–H groups in total. The minimum absolute atomic E-state index is 0.229. The summed E-state index contributed by atoms with van der Waals surface area (Å²) in [7, 11) is 0. The van der Waals surface area contributed by atoms with Crippen molar-refractivity contribution in [1.29, 1.82) is 0 Å². The second-order valence-electron chi connectivity index (χ2n) is 6.30. The Bertz CT molecular complexity index is 982. The summed E-state index contributed by atoms with van der Waals surface area (Å²) in [6.07, 6.45) is 6.28. The monoisotopic (exact) mass is 393 g/mol. The Morgan fingerprint density at radius 2 is 1.83 bits per heavy atom. The van der Waals surface area contributed by atoms with Gasteiger partial charge in [-0.25, -0.2) is 9.18 Å². The molecule has 0 aliphatic heterocycles. The second-order valence-corrected chi connectivity index (χ2v) is 6.30. The van der Waals surface area contributed by atoms with Crippen LogP contribution in [0.25, 0.3) is 6.08 Å². The number of esters is 1. The zero-order chi connectivity index (χ0) is 20.5. The lowest BCUT2D eigenvalue weighted by atomic mass is 10.2. The van der Waals surface area contributed by atoms with Crippen molar-refractivity contribution in [3.63, 3.8) is 0 Å². The predicted molar refractivity (Wildman–Crippen MR) is 106 cm³/mol. The number of ether oxygens (including phenoxy) is 1. The molecule has 2 aromatic carbocycles. The van der Waals surface area contributed by atoms with Crippen molar-refractivity contribution >= 4 is 18.0 Å². The molecule has 0 saturated heterocycles. The maximum atomic E-state index is 12.8. The van der Waals surface area contributed by atoms with E-state index in [9.17, 15) is 14.0 Å². The molecule has 0 aliphatic rings. The van der Waals surface area contributed by atoms with Gasteiger partial charge in [-0.3, -0.25) is 9.48 Å². The summed E-state index contributed by atoms with van der Waals surface area (Å²) in [4.78, 5) is 23.5. The van der Waals surface area contributed by atoms with Crippen molar-refractivity contribution in [2.75, 3.05) is 6.61 Å². The summed E-state index contributed by atoms with van der Waals surface area (Å²) in [5.41, 5.74) is 2.62. The Hall–Kier alpha value is -3.74. The first-order valence-electron chi connectivity index (χ1n) is 9.01. The van der Waals surface area contributed by atoms with Crippen molar-refractivity contribution in [3.8, 4) is 0 Å². The number of carbonyl (C=O) groups is 2. The van der Waals surface area contributed by atoms with E-state index in [1.54, 1.807) is 29.1 Å². The molecule has 148 valence electrons. The van der Waals surface area contributed by atoms with E-state index in [4.69, 9.17) is 4.74 Å². The van der Waals surface area contributed by atoms with Gasteiger partial charge in [0.2, 0.25) is 0 Å². The number of hydrogen-bond donors (Lipinski definition) is 1. The number of rotatable bonds is 8. The van der Waals surface area contributed by atoms with Crippen LogP contribution in [0.15, 0.2) is 73.1 Å². The third-order valence-corrected chi connectivity index (χ3v) is 4.00. The van der Waals surface area contributed by atoms with E-state index < -0.39 is 18.5 Å². The van der Waals surface area contributed by atoms with Gasteiger partial charge < -0.3 is 10.1 Å². The van der Waals surface area contributed by atoms with Gasteiger partial charge in [0.1, 0.15) is 5.82 Å². The Labute approximate surface area is 167 Å². The van der Waals surface area contributed by atoms with Gasteiger partial charge in [-0.2, -0.15) is 5.10 Å². The lowest BCUT2D eigenvalue weighted by Crippen LogP contribution is -2.28. The van der Waals surface area contributed by atoms with Crippen LogP contribution in [0.5, 0.6) is 0 Å². The van der Waals surface area contributed by atoms with Crippen molar-refractivity contribution in [2.45, 2.75) is 13.1 Å². The van der Waals surface area contributed by atoms with E-state index in [0.29, 0.717) is 6.54 Å². The van der Waals surface area contributed by atoms with Crippen LogP contribution in [0.1, 0.15) is 16.7 Å². The lowest BCUT2D eigenvalue weighted by molar-refractivity contribution is -0.143. The number of nitrogens with zero attached hydrogens (tertiary/aromatic N) is 2. The molecule has 7 heteroatoms. The maximum absolute atomic E-state index is 12.8. The molecule has 3 rings (SSSR count). The predicted octanol–water partition coefficient (Wildman–Crippen LogP) is 2.94. The maximum Gasteiger partial charge on any atom is 0.331 e. The molecule has 0 unspecified atom stereocenters. The molecule has 0 atom stereocenters. The van der Waals surface area contributed by atoms with Crippen molar-refractivity contribution < 1.29 is 18.7 Å². The van der Waals surface area contributed by atoms with Crippen molar-refractivity contribution in [3.05, 3.63) is 95.6 Å². The number of aromatic nitrogens is 2. The molecule has 0 fully saturated rings. The molecular weight excluding hydrogens is 373 g/mol. The highest BCUT2D eigenvalue weighted by atomic mass is 19.1. The molecule has 0 saturated carbocycles. The summed E-state index contributed by atoms with van der Waals surface area (Å²) in [5, 5.41) is 6.85. The molecule has 0 aliphatic carbocycles. The van der Waals surface area contributed by atoms with Crippen LogP contribution in [0.4, 0.5) is 4.39 Å². The quantitative estimate of drug-likeness (QED) is 0.472. The van der Waals surface area contributed by atoms with Crippen LogP contribution in [0.3, 0.4) is 0 Å². The molecule has 0 bridgehead atoms. The van der Waals surface area contributed by atoms with Gasteiger partial charge in [0.25, 0.3) is 5.91 Å². The molecule has 1 heterocycles. The second kappa shape index (κ2) is 9.98. The van der Waals surface area contributed by atoms with E-state index in [1.807, 2.05) is 36.5 Å². The van der Waals surface area contributed by atoms with Crippen molar-refractivity contribution in [2.24, 2.45) is 0 Å². The Morgan fingerprint density at radius 3 is 2.59 bits per heavy atom. The molecular formula is C22H20FN3O3. The summed E-state index contributed by atoms with van der Waals surface area (Å²) in [6.45, 7) is 0.470. The van der Waals surface area contributed by atoms with E-state index >= 15 is 0 Å². The third-order valence-electron chi connectivity index (χ3n) is 4.00. The largest absolute Gasteiger partial charge is 0.452 e. The fourth-order valence-corrected chi connectivity index (χ4v) is 2.53. The molecule has 1 aromatic heterocycles. The number of amides is 1. The van der Waals surface area contributed by atoms with Gasteiger partial charge >= 0.3 is 5.97 Å². The van der Waals surface area contributed by atoms with E-state index in [1.165, 1.54) is 18.2 Å². The van der Waals surface area contributed by atoms with Crippen LogP contribution in [-0.4, -0.2) is 28.3 Å². The Kier molecular flexibility index (Phi) is 6.89. The minimum atomic E-state index is -0.627. The minimum Gasteiger partial charge on any atom is -0.452 e. The smallest absolute Gasteiger partial charge is 0.331 e. The van der Waals surface area contributed by atoms with Gasteiger partial charge in [0.15, 0.2) is 6.61 Å². The Balaban J connectivity index is 1.40. The number of hydrogen-bond acceptors (Lipinski definition) is 4. The van der Waals surface area contributed by atoms with Crippen molar-refractivity contribution in [1.82, 2.24) is 15.1 Å². The SMILES string of the molecule is O=C(COC(=O)/C=C/c1cnn(Cc2ccccc2)c1)NCc1ccc(F)cc1. The van der Waals surface area contributed by atoms with E-state index in [-0.39, 0.29) is 12.4 Å². The van der Waals surface area contributed by atoms with Gasteiger partial charge in [-0.15, -0.1) is 0 Å². The van der Waals surface area contributed by atoms with Crippen LogP contribution in [-0.2, 0) is 27.4 Å². The first-order valence-corrected chi connectivity index (χ1v) is 9.01. The highest BCUT2D eigenvalue weighted by Gasteiger charge is 2.05. The molecule has 0 spiro atoms. The first kappa shape index (κ1) is 20.0. The first-order chi connectivity index (χ1) is 14.1. The number of halogens is 1. The standard InChI is InChI=1S/C22H20FN3O3/c23-20-9-6-17(7-10-20)12-24-21(27)16-29-22(28)11-8-19-13-25-26(15-19)14-18-4-2-1-3-5-18/h1-11,13,15H,12,14,16H2,(H,24,27)/b11-8+.